The Hall–Kier alpha value is -0.830. The fourth-order valence-corrected chi connectivity index (χ4v) is 2.81. The van der Waals surface area contributed by atoms with Crippen molar-refractivity contribution in [3.63, 3.8) is 0 Å². The van der Waals surface area contributed by atoms with Crippen LogP contribution in [0.1, 0.15) is 51.8 Å². The van der Waals surface area contributed by atoms with Crippen LogP contribution in [-0.4, -0.2) is 15.6 Å². The molecular weight excluding hydrogens is 210 g/mol. The molecule has 1 aliphatic rings. The maximum Gasteiger partial charge on any atom is 0.122 e. The number of aryl methyl sites for hydroxylation is 1. The third-order valence-electron chi connectivity index (χ3n) is 4.03. The molecule has 0 saturated heterocycles. The Morgan fingerprint density at radius 2 is 2.18 bits per heavy atom. The third-order valence-corrected chi connectivity index (χ3v) is 4.03. The molecule has 1 N–H and O–H groups in total. The Balaban J connectivity index is 1.88. The van der Waals surface area contributed by atoms with Gasteiger partial charge in [-0.05, 0) is 25.7 Å². The Bertz CT molecular complexity index is 332. The largest absolute Gasteiger partial charge is 0.334 e. The molecule has 3 heteroatoms. The van der Waals surface area contributed by atoms with Crippen molar-refractivity contribution >= 4 is 0 Å². The van der Waals surface area contributed by atoms with Gasteiger partial charge in [0.05, 0.1) is 6.54 Å². The Morgan fingerprint density at radius 1 is 1.35 bits per heavy atom. The number of nitrogens with zero attached hydrogens (tertiary/aromatic N) is 2. The monoisotopic (exact) mass is 235 g/mol. The van der Waals surface area contributed by atoms with Crippen molar-refractivity contribution in [2.24, 2.45) is 5.92 Å². The second-order valence-corrected chi connectivity index (χ2v) is 5.23. The lowest BCUT2D eigenvalue weighted by Crippen LogP contribution is -2.34. The summed E-state index contributed by atoms with van der Waals surface area (Å²) in [6, 6.07) is 0.680. The van der Waals surface area contributed by atoms with Gasteiger partial charge in [-0.2, -0.15) is 0 Å². The van der Waals surface area contributed by atoms with Gasteiger partial charge in [-0.1, -0.05) is 26.2 Å². The molecule has 1 aromatic heterocycles. The van der Waals surface area contributed by atoms with Crippen LogP contribution in [0.3, 0.4) is 0 Å². The van der Waals surface area contributed by atoms with E-state index in [-0.39, 0.29) is 0 Å². The predicted octanol–water partition coefficient (Wildman–Crippen LogP) is 2.96. The van der Waals surface area contributed by atoms with Crippen LogP contribution in [0, 0.1) is 5.92 Å². The number of imidazole rings is 1. The predicted molar refractivity (Wildman–Crippen MR) is 70.8 cm³/mol. The van der Waals surface area contributed by atoms with Crippen molar-refractivity contribution in [1.82, 2.24) is 14.9 Å². The summed E-state index contributed by atoms with van der Waals surface area (Å²) in [7, 11) is 0. The average Bonchev–Trinajstić information content (AvgIpc) is 2.70. The second kappa shape index (κ2) is 6.20. The Morgan fingerprint density at radius 3 is 3.00 bits per heavy atom. The second-order valence-electron chi connectivity index (χ2n) is 5.23. The lowest BCUT2D eigenvalue weighted by Gasteiger charge is -2.22. The van der Waals surface area contributed by atoms with Crippen LogP contribution in [-0.2, 0) is 13.1 Å². The van der Waals surface area contributed by atoms with Crippen molar-refractivity contribution in [2.45, 2.75) is 65.1 Å². The molecule has 1 heterocycles. The van der Waals surface area contributed by atoms with E-state index in [9.17, 15) is 0 Å². The van der Waals surface area contributed by atoms with Crippen LogP contribution < -0.4 is 5.32 Å². The molecule has 17 heavy (non-hydrogen) atoms. The molecule has 1 saturated carbocycles. The van der Waals surface area contributed by atoms with Crippen molar-refractivity contribution in [3.05, 3.63) is 18.2 Å². The molecule has 0 radical (unpaired) electrons. The molecular formula is C14H25N3. The Labute approximate surface area is 105 Å². The molecule has 0 bridgehead atoms. The van der Waals surface area contributed by atoms with Gasteiger partial charge in [0.1, 0.15) is 5.82 Å². The highest BCUT2D eigenvalue weighted by atomic mass is 15.1. The lowest BCUT2D eigenvalue weighted by atomic mass is 9.97. The van der Waals surface area contributed by atoms with E-state index in [1.54, 1.807) is 0 Å². The van der Waals surface area contributed by atoms with Crippen molar-refractivity contribution in [2.75, 3.05) is 0 Å². The molecule has 1 fully saturated rings. The summed E-state index contributed by atoms with van der Waals surface area (Å²) >= 11 is 0. The zero-order valence-corrected chi connectivity index (χ0v) is 11.2. The summed E-state index contributed by atoms with van der Waals surface area (Å²) in [5.74, 6) is 1.98. The van der Waals surface area contributed by atoms with E-state index in [1.165, 1.54) is 37.9 Å². The van der Waals surface area contributed by atoms with Crippen LogP contribution in [0.4, 0.5) is 0 Å². The van der Waals surface area contributed by atoms with E-state index in [1.807, 2.05) is 6.20 Å². The SMILES string of the molecule is CCn1ccnc1CNC1CCCCCC1C. The first-order valence-electron chi connectivity index (χ1n) is 7.04. The summed E-state index contributed by atoms with van der Waals surface area (Å²) < 4.78 is 2.22. The minimum atomic E-state index is 0.680. The Kier molecular flexibility index (Phi) is 4.60. The fourth-order valence-electron chi connectivity index (χ4n) is 2.81. The summed E-state index contributed by atoms with van der Waals surface area (Å²) in [5.41, 5.74) is 0. The zero-order chi connectivity index (χ0) is 12.1. The van der Waals surface area contributed by atoms with Gasteiger partial charge < -0.3 is 9.88 Å². The van der Waals surface area contributed by atoms with Crippen molar-refractivity contribution < 1.29 is 0 Å². The van der Waals surface area contributed by atoms with E-state index < -0.39 is 0 Å². The third kappa shape index (κ3) is 3.32. The van der Waals surface area contributed by atoms with E-state index >= 15 is 0 Å². The molecule has 2 atom stereocenters. The van der Waals surface area contributed by atoms with Gasteiger partial charge in [-0.25, -0.2) is 4.98 Å². The van der Waals surface area contributed by atoms with Crippen LogP contribution in [0.25, 0.3) is 0 Å². The first-order chi connectivity index (χ1) is 8.31. The first kappa shape index (κ1) is 12.6. The fraction of sp³-hybridized carbons (Fsp3) is 0.786. The zero-order valence-electron chi connectivity index (χ0n) is 11.2. The van der Waals surface area contributed by atoms with Gasteiger partial charge >= 0.3 is 0 Å². The molecule has 1 aliphatic carbocycles. The molecule has 0 aromatic carbocycles. The smallest absolute Gasteiger partial charge is 0.122 e. The van der Waals surface area contributed by atoms with Gasteiger partial charge in [-0.15, -0.1) is 0 Å². The number of aromatic nitrogens is 2. The van der Waals surface area contributed by atoms with E-state index in [2.05, 4.69) is 34.9 Å². The molecule has 0 spiro atoms. The van der Waals surface area contributed by atoms with Crippen molar-refractivity contribution in [1.29, 1.82) is 0 Å². The van der Waals surface area contributed by atoms with E-state index in [0.717, 1.165) is 19.0 Å². The van der Waals surface area contributed by atoms with Gasteiger partial charge in [0.2, 0.25) is 0 Å². The van der Waals surface area contributed by atoms with Crippen molar-refractivity contribution in [3.8, 4) is 0 Å². The highest BCUT2D eigenvalue weighted by Crippen LogP contribution is 2.23. The average molecular weight is 235 g/mol. The highest BCUT2D eigenvalue weighted by molar-refractivity contribution is 4.92. The summed E-state index contributed by atoms with van der Waals surface area (Å²) in [6.07, 6.45) is 10.9. The standard InChI is InChI=1S/C14H25N3/c1-3-17-10-9-15-14(17)11-16-13-8-6-4-5-7-12(13)2/h9-10,12-13,16H,3-8,11H2,1-2H3. The quantitative estimate of drug-likeness (QED) is 0.813. The minimum Gasteiger partial charge on any atom is -0.334 e. The molecule has 2 rings (SSSR count). The normalized spacial score (nSPS) is 25.8. The van der Waals surface area contributed by atoms with Gasteiger partial charge in [0.15, 0.2) is 0 Å². The van der Waals surface area contributed by atoms with E-state index in [0.29, 0.717) is 6.04 Å². The molecule has 96 valence electrons. The summed E-state index contributed by atoms with van der Waals surface area (Å²) in [6.45, 7) is 6.47. The molecule has 0 aliphatic heterocycles. The van der Waals surface area contributed by atoms with Crippen LogP contribution in [0.5, 0.6) is 0 Å². The van der Waals surface area contributed by atoms with Gasteiger partial charge in [0, 0.05) is 25.0 Å². The van der Waals surface area contributed by atoms with Crippen LogP contribution in [0.15, 0.2) is 12.4 Å². The number of hydrogen-bond donors (Lipinski definition) is 1. The summed E-state index contributed by atoms with van der Waals surface area (Å²) in [5, 5.41) is 3.71. The molecule has 0 amide bonds. The molecule has 1 aromatic rings. The maximum atomic E-state index is 4.42. The lowest BCUT2D eigenvalue weighted by molar-refractivity contribution is 0.351. The minimum absolute atomic E-state index is 0.680. The number of hydrogen-bond acceptors (Lipinski definition) is 2. The van der Waals surface area contributed by atoms with Gasteiger partial charge in [-0.3, -0.25) is 0 Å². The number of rotatable bonds is 4. The molecule has 2 unspecified atom stereocenters. The van der Waals surface area contributed by atoms with Gasteiger partial charge in [0.25, 0.3) is 0 Å². The number of nitrogens with one attached hydrogen (secondary N) is 1. The van der Waals surface area contributed by atoms with E-state index in [4.69, 9.17) is 0 Å². The summed E-state index contributed by atoms with van der Waals surface area (Å²) in [4.78, 5) is 4.42. The first-order valence-corrected chi connectivity index (χ1v) is 7.04. The highest BCUT2D eigenvalue weighted by Gasteiger charge is 2.19. The topological polar surface area (TPSA) is 29.9 Å². The van der Waals surface area contributed by atoms with Crippen LogP contribution in [0.2, 0.25) is 0 Å². The molecule has 3 nitrogen and oxygen atoms in total. The maximum absolute atomic E-state index is 4.42. The van der Waals surface area contributed by atoms with Crippen LogP contribution >= 0.6 is 0 Å².